The van der Waals surface area contributed by atoms with Gasteiger partial charge in [-0.25, -0.2) is 4.98 Å². The Morgan fingerprint density at radius 3 is 2.48 bits per heavy atom. The van der Waals surface area contributed by atoms with Crippen LogP contribution in [0, 0.1) is 0 Å². The molecule has 0 saturated heterocycles. The van der Waals surface area contributed by atoms with Crippen LogP contribution in [0.2, 0.25) is 0 Å². The number of nitrogens with one attached hydrogen (secondary N) is 1. The molecular weight excluding hydrogens is 284 g/mol. The van der Waals surface area contributed by atoms with Crippen molar-refractivity contribution in [1.29, 1.82) is 0 Å². The fraction of sp³-hybridized carbons (Fsp3) is 0.0625. The highest BCUT2D eigenvalue weighted by atomic mass is 32.1. The molecule has 0 bridgehead atoms. The van der Waals surface area contributed by atoms with Crippen molar-refractivity contribution in [2.75, 3.05) is 6.54 Å². The van der Waals surface area contributed by atoms with E-state index in [4.69, 9.17) is 0 Å². The number of fused-ring (bicyclic) bond motifs is 1. The van der Waals surface area contributed by atoms with Crippen LogP contribution in [-0.2, 0) is 0 Å². The molecule has 1 N–H and O–H groups in total. The summed E-state index contributed by atoms with van der Waals surface area (Å²) < 4.78 is 0.956. The lowest BCUT2D eigenvalue weighted by Crippen LogP contribution is -2.29. The van der Waals surface area contributed by atoms with Gasteiger partial charge >= 0.3 is 0 Å². The summed E-state index contributed by atoms with van der Waals surface area (Å²) in [6, 6.07) is 16.4. The predicted octanol–water partition coefficient (Wildman–Crippen LogP) is 2.91. The minimum absolute atomic E-state index is 0.0290. The number of rotatable bonds is 4. The zero-order valence-electron chi connectivity index (χ0n) is 11.1. The van der Waals surface area contributed by atoms with E-state index in [0.717, 1.165) is 10.2 Å². The maximum atomic E-state index is 12.0. The Labute approximate surface area is 125 Å². The van der Waals surface area contributed by atoms with Crippen molar-refractivity contribution < 1.29 is 9.59 Å². The first-order valence-corrected chi connectivity index (χ1v) is 7.28. The van der Waals surface area contributed by atoms with Gasteiger partial charge in [0.05, 0.1) is 16.8 Å². The Kier molecular flexibility index (Phi) is 3.75. The van der Waals surface area contributed by atoms with E-state index < -0.39 is 0 Å². The maximum Gasteiger partial charge on any atom is 0.280 e. The summed E-state index contributed by atoms with van der Waals surface area (Å²) in [6.07, 6.45) is 0. The average molecular weight is 296 g/mol. The monoisotopic (exact) mass is 296 g/mol. The molecule has 1 heterocycles. The summed E-state index contributed by atoms with van der Waals surface area (Å²) in [5.41, 5.74) is 1.38. The molecule has 5 heteroatoms. The highest BCUT2D eigenvalue weighted by Crippen LogP contribution is 2.21. The van der Waals surface area contributed by atoms with Gasteiger partial charge in [0.2, 0.25) is 0 Å². The molecule has 4 nitrogen and oxygen atoms in total. The molecule has 1 amide bonds. The molecule has 0 aliphatic heterocycles. The largest absolute Gasteiger partial charge is 0.343 e. The number of ketones is 1. The molecule has 0 radical (unpaired) electrons. The third-order valence-electron chi connectivity index (χ3n) is 2.99. The zero-order chi connectivity index (χ0) is 14.7. The first-order chi connectivity index (χ1) is 10.2. The van der Waals surface area contributed by atoms with Crippen LogP contribution < -0.4 is 5.32 Å². The van der Waals surface area contributed by atoms with Gasteiger partial charge in [0.15, 0.2) is 10.8 Å². The Morgan fingerprint density at radius 2 is 1.71 bits per heavy atom. The van der Waals surface area contributed by atoms with Gasteiger partial charge in [0.25, 0.3) is 5.91 Å². The molecule has 104 valence electrons. The van der Waals surface area contributed by atoms with Crippen molar-refractivity contribution in [3.05, 3.63) is 65.2 Å². The number of para-hydroxylation sites is 1. The summed E-state index contributed by atoms with van der Waals surface area (Å²) in [5.74, 6) is -0.439. The minimum Gasteiger partial charge on any atom is -0.343 e. The molecule has 0 fully saturated rings. The second kappa shape index (κ2) is 5.85. The Morgan fingerprint density at radius 1 is 1.00 bits per heavy atom. The van der Waals surface area contributed by atoms with E-state index in [1.54, 1.807) is 24.3 Å². The molecular formula is C16H12N2O2S. The minimum atomic E-state index is -0.319. The highest BCUT2D eigenvalue weighted by molar-refractivity contribution is 7.20. The van der Waals surface area contributed by atoms with Gasteiger partial charge in [0, 0.05) is 5.56 Å². The van der Waals surface area contributed by atoms with Gasteiger partial charge in [-0.1, -0.05) is 42.5 Å². The topological polar surface area (TPSA) is 59.1 Å². The molecule has 0 atom stereocenters. The second-order valence-electron chi connectivity index (χ2n) is 4.46. The van der Waals surface area contributed by atoms with E-state index in [1.807, 2.05) is 30.3 Å². The van der Waals surface area contributed by atoms with Crippen molar-refractivity contribution in [1.82, 2.24) is 10.3 Å². The highest BCUT2D eigenvalue weighted by Gasteiger charge is 2.13. The third kappa shape index (κ3) is 2.98. The smallest absolute Gasteiger partial charge is 0.280 e. The van der Waals surface area contributed by atoms with Crippen LogP contribution >= 0.6 is 11.3 Å². The molecule has 0 spiro atoms. The number of thiazole rings is 1. The molecule has 1 aromatic heterocycles. The summed E-state index contributed by atoms with van der Waals surface area (Å²) in [4.78, 5) is 28.2. The number of aromatic nitrogens is 1. The van der Waals surface area contributed by atoms with Gasteiger partial charge in [-0.3, -0.25) is 9.59 Å². The number of hydrogen-bond acceptors (Lipinski definition) is 4. The van der Waals surface area contributed by atoms with E-state index in [-0.39, 0.29) is 18.2 Å². The van der Waals surface area contributed by atoms with E-state index in [2.05, 4.69) is 10.3 Å². The lowest BCUT2D eigenvalue weighted by atomic mass is 10.1. The predicted molar refractivity (Wildman–Crippen MR) is 82.7 cm³/mol. The number of Topliss-reactive ketones (excluding diaryl/α,β-unsaturated/α-hetero) is 1. The normalized spacial score (nSPS) is 10.5. The van der Waals surface area contributed by atoms with Gasteiger partial charge in [-0.15, -0.1) is 11.3 Å². The average Bonchev–Trinajstić information content (AvgIpc) is 2.97. The molecule has 0 saturated carbocycles. The fourth-order valence-electron chi connectivity index (χ4n) is 1.93. The first-order valence-electron chi connectivity index (χ1n) is 6.46. The number of carbonyl (C=O) groups is 2. The Bertz CT molecular complexity index is 763. The lowest BCUT2D eigenvalue weighted by Gasteiger charge is -2.02. The molecule has 0 aliphatic carbocycles. The van der Waals surface area contributed by atoms with E-state index in [0.29, 0.717) is 10.6 Å². The molecule has 3 rings (SSSR count). The molecule has 2 aromatic carbocycles. The maximum absolute atomic E-state index is 12.0. The van der Waals surface area contributed by atoms with Crippen molar-refractivity contribution >= 4 is 33.2 Å². The lowest BCUT2D eigenvalue weighted by molar-refractivity contribution is 0.0904. The van der Waals surface area contributed by atoms with Crippen LogP contribution in [0.1, 0.15) is 20.2 Å². The van der Waals surface area contributed by atoms with Crippen molar-refractivity contribution in [2.45, 2.75) is 0 Å². The third-order valence-corrected chi connectivity index (χ3v) is 4.03. The number of hydrogen-bond donors (Lipinski definition) is 1. The van der Waals surface area contributed by atoms with Crippen LogP contribution in [0.25, 0.3) is 10.2 Å². The van der Waals surface area contributed by atoms with Crippen molar-refractivity contribution in [3.63, 3.8) is 0 Å². The SMILES string of the molecule is O=C(CNC(=O)c1nc2ccccc2s1)c1ccccc1. The van der Waals surface area contributed by atoms with Crippen LogP contribution in [-0.4, -0.2) is 23.2 Å². The molecule has 21 heavy (non-hydrogen) atoms. The molecule has 3 aromatic rings. The van der Waals surface area contributed by atoms with Crippen LogP contribution in [0.4, 0.5) is 0 Å². The summed E-state index contributed by atoms with van der Waals surface area (Å²) in [6.45, 7) is -0.0290. The van der Waals surface area contributed by atoms with Crippen LogP contribution in [0.3, 0.4) is 0 Å². The standard InChI is InChI=1S/C16H12N2O2S/c19-13(11-6-2-1-3-7-11)10-17-15(20)16-18-12-8-4-5-9-14(12)21-16/h1-9H,10H2,(H,17,20). The number of carbonyl (C=O) groups excluding carboxylic acids is 2. The Hall–Kier alpha value is -2.53. The summed E-state index contributed by atoms with van der Waals surface area (Å²) in [7, 11) is 0. The van der Waals surface area contributed by atoms with Crippen molar-refractivity contribution in [2.24, 2.45) is 0 Å². The van der Waals surface area contributed by atoms with E-state index >= 15 is 0 Å². The van der Waals surface area contributed by atoms with E-state index in [1.165, 1.54) is 11.3 Å². The summed E-state index contributed by atoms with van der Waals surface area (Å²) >= 11 is 1.32. The van der Waals surface area contributed by atoms with Crippen molar-refractivity contribution in [3.8, 4) is 0 Å². The van der Waals surface area contributed by atoms with Gasteiger partial charge in [-0.05, 0) is 12.1 Å². The quantitative estimate of drug-likeness (QED) is 0.753. The van der Waals surface area contributed by atoms with Gasteiger partial charge in [-0.2, -0.15) is 0 Å². The molecule has 0 aliphatic rings. The number of amides is 1. The fourth-order valence-corrected chi connectivity index (χ4v) is 2.81. The number of nitrogens with zero attached hydrogens (tertiary/aromatic N) is 1. The van der Waals surface area contributed by atoms with E-state index in [9.17, 15) is 9.59 Å². The van der Waals surface area contributed by atoms with Gasteiger partial charge < -0.3 is 5.32 Å². The van der Waals surface area contributed by atoms with Crippen LogP contribution in [0.15, 0.2) is 54.6 Å². The summed E-state index contributed by atoms with van der Waals surface area (Å²) in [5, 5.41) is 2.99. The number of benzene rings is 2. The first kappa shape index (κ1) is 13.5. The molecule has 0 unspecified atom stereocenters. The van der Waals surface area contributed by atoms with Gasteiger partial charge in [0.1, 0.15) is 0 Å². The Balaban J connectivity index is 1.68. The second-order valence-corrected chi connectivity index (χ2v) is 5.49. The van der Waals surface area contributed by atoms with Crippen LogP contribution in [0.5, 0.6) is 0 Å². The zero-order valence-corrected chi connectivity index (χ0v) is 11.9.